The number of benzene rings is 1. The second kappa shape index (κ2) is 5.53. The number of carbonyl (C=O) groups is 1. The minimum atomic E-state index is -0.415. The molecular formula is C12H16N2O2S. The lowest BCUT2D eigenvalue weighted by Gasteiger charge is -2.13. The van der Waals surface area contributed by atoms with Crippen LogP contribution in [-0.2, 0) is 4.79 Å². The average molecular weight is 252 g/mol. The zero-order valence-corrected chi connectivity index (χ0v) is 10.5. The maximum atomic E-state index is 11.9. The average Bonchev–Trinajstić information content (AvgIpc) is 2.77. The Hall–Kier alpha value is -1.04. The smallest absolute Gasteiger partial charge is 0.241 e. The molecule has 0 aliphatic carbocycles. The zero-order valence-electron chi connectivity index (χ0n) is 9.64. The number of nitrogens with one attached hydrogen (secondary N) is 2. The maximum absolute atomic E-state index is 11.9. The van der Waals surface area contributed by atoms with E-state index in [1.807, 2.05) is 30.5 Å². The van der Waals surface area contributed by atoms with Crippen LogP contribution in [0.25, 0.3) is 0 Å². The van der Waals surface area contributed by atoms with Gasteiger partial charge in [0.1, 0.15) is 0 Å². The summed E-state index contributed by atoms with van der Waals surface area (Å²) in [6.07, 6.45) is 2.04. The van der Waals surface area contributed by atoms with Crippen molar-refractivity contribution in [2.75, 3.05) is 18.1 Å². The summed E-state index contributed by atoms with van der Waals surface area (Å²) >= 11 is 1.60. The zero-order chi connectivity index (χ0) is 12.3. The summed E-state index contributed by atoms with van der Waals surface area (Å²) in [7, 11) is 0. The Morgan fingerprint density at radius 3 is 2.94 bits per heavy atom. The lowest BCUT2D eigenvalue weighted by Crippen LogP contribution is -2.35. The molecule has 0 radical (unpaired) electrons. The normalized spacial score (nSPS) is 23.6. The van der Waals surface area contributed by atoms with Crippen LogP contribution in [0.1, 0.15) is 6.42 Å². The lowest BCUT2D eigenvalue weighted by atomic mass is 10.2. The molecular weight excluding hydrogens is 236 g/mol. The molecule has 1 heterocycles. The molecule has 0 aromatic heterocycles. The number of hydrogen-bond donors (Lipinski definition) is 3. The number of para-hydroxylation sites is 1. The summed E-state index contributed by atoms with van der Waals surface area (Å²) in [4.78, 5) is 13.0. The minimum absolute atomic E-state index is 0.0805. The van der Waals surface area contributed by atoms with Gasteiger partial charge in [-0.15, -0.1) is 11.8 Å². The summed E-state index contributed by atoms with van der Waals surface area (Å²) in [6.45, 7) is 0.488. The molecule has 1 amide bonds. The van der Waals surface area contributed by atoms with E-state index in [4.69, 9.17) is 0 Å². The van der Waals surface area contributed by atoms with Crippen molar-refractivity contribution in [2.24, 2.45) is 0 Å². The molecule has 1 aliphatic heterocycles. The van der Waals surface area contributed by atoms with Crippen molar-refractivity contribution in [3.05, 3.63) is 24.3 Å². The standard InChI is InChI=1S/C12H16N2O2S/c1-17-11-5-3-2-4-9(11)14-12(16)10-6-8(15)7-13-10/h2-5,8,10,13,15H,6-7H2,1H3,(H,14,16). The Kier molecular flexibility index (Phi) is 4.04. The van der Waals surface area contributed by atoms with Gasteiger partial charge in [-0.25, -0.2) is 0 Å². The van der Waals surface area contributed by atoms with Crippen LogP contribution in [0.5, 0.6) is 0 Å². The highest BCUT2D eigenvalue weighted by Crippen LogP contribution is 2.25. The van der Waals surface area contributed by atoms with Crippen LogP contribution in [0.2, 0.25) is 0 Å². The molecule has 2 unspecified atom stereocenters. The van der Waals surface area contributed by atoms with Gasteiger partial charge >= 0.3 is 0 Å². The number of carbonyl (C=O) groups excluding carboxylic acids is 1. The van der Waals surface area contributed by atoms with Gasteiger partial charge in [0, 0.05) is 11.4 Å². The molecule has 1 aromatic rings. The van der Waals surface area contributed by atoms with Gasteiger partial charge < -0.3 is 15.7 Å². The highest BCUT2D eigenvalue weighted by Gasteiger charge is 2.28. The van der Waals surface area contributed by atoms with Crippen LogP contribution in [0.4, 0.5) is 5.69 Å². The van der Waals surface area contributed by atoms with Crippen molar-refractivity contribution in [1.82, 2.24) is 5.32 Å². The summed E-state index contributed by atoms with van der Waals surface area (Å²) < 4.78 is 0. The molecule has 92 valence electrons. The number of aliphatic hydroxyl groups is 1. The fourth-order valence-corrected chi connectivity index (χ4v) is 2.44. The number of rotatable bonds is 3. The fraction of sp³-hybridized carbons (Fsp3) is 0.417. The number of thioether (sulfide) groups is 1. The van der Waals surface area contributed by atoms with Gasteiger partial charge in [0.25, 0.3) is 0 Å². The molecule has 1 fully saturated rings. The van der Waals surface area contributed by atoms with Crippen LogP contribution in [0, 0.1) is 0 Å². The molecule has 0 bridgehead atoms. The van der Waals surface area contributed by atoms with E-state index < -0.39 is 6.10 Å². The number of β-amino-alcohol motifs (C(OH)–C–C–N with tert-alkyl or cyclic N) is 1. The number of aliphatic hydroxyl groups excluding tert-OH is 1. The van der Waals surface area contributed by atoms with E-state index >= 15 is 0 Å². The van der Waals surface area contributed by atoms with E-state index in [0.717, 1.165) is 10.6 Å². The van der Waals surface area contributed by atoms with E-state index in [2.05, 4.69) is 10.6 Å². The quantitative estimate of drug-likeness (QED) is 0.704. The topological polar surface area (TPSA) is 61.4 Å². The van der Waals surface area contributed by atoms with Gasteiger partial charge in [0.15, 0.2) is 0 Å². The van der Waals surface area contributed by atoms with E-state index in [1.165, 1.54) is 0 Å². The minimum Gasteiger partial charge on any atom is -0.392 e. The Labute approximate surface area is 105 Å². The van der Waals surface area contributed by atoms with E-state index in [9.17, 15) is 9.90 Å². The van der Waals surface area contributed by atoms with Crippen molar-refractivity contribution in [2.45, 2.75) is 23.5 Å². The second-order valence-electron chi connectivity index (χ2n) is 4.04. The SMILES string of the molecule is CSc1ccccc1NC(=O)C1CC(O)CN1. The summed E-state index contributed by atoms with van der Waals surface area (Å²) in [5.74, 6) is -0.0805. The summed E-state index contributed by atoms with van der Waals surface area (Å²) in [5.41, 5.74) is 0.827. The first-order valence-electron chi connectivity index (χ1n) is 5.56. The van der Waals surface area contributed by atoms with Crippen LogP contribution in [0.3, 0.4) is 0 Å². The number of anilines is 1. The first-order chi connectivity index (χ1) is 8.20. The molecule has 2 atom stereocenters. The predicted octanol–water partition coefficient (Wildman–Crippen LogP) is 1.07. The van der Waals surface area contributed by atoms with Gasteiger partial charge in [0.05, 0.1) is 17.8 Å². The number of amides is 1. The van der Waals surface area contributed by atoms with Gasteiger partial charge in [0.2, 0.25) is 5.91 Å². The Morgan fingerprint density at radius 2 is 2.29 bits per heavy atom. The number of hydrogen-bond acceptors (Lipinski definition) is 4. The molecule has 1 aromatic carbocycles. The summed E-state index contributed by atoms with van der Waals surface area (Å²) in [5, 5.41) is 15.3. The third-order valence-corrected chi connectivity index (χ3v) is 3.58. The van der Waals surface area contributed by atoms with Crippen LogP contribution >= 0.6 is 11.8 Å². The van der Waals surface area contributed by atoms with Gasteiger partial charge in [-0.3, -0.25) is 4.79 Å². The molecule has 4 nitrogen and oxygen atoms in total. The maximum Gasteiger partial charge on any atom is 0.241 e. The van der Waals surface area contributed by atoms with Crippen molar-refractivity contribution in [3.63, 3.8) is 0 Å². The Morgan fingerprint density at radius 1 is 1.53 bits per heavy atom. The van der Waals surface area contributed by atoms with Crippen LogP contribution < -0.4 is 10.6 Å². The second-order valence-corrected chi connectivity index (χ2v) is 4.89. The van der Waals surface area contributed by atoms with Crippen LogP contribution in [-0.4, -0.2) is 36.0 Å². The third-order valence-electron chi connectivity index (χ3n) is 2.79. The molecule has 1 saturated heterocycles. The van der Waals surface area contributed by atoms with Crippen molar-refractivity contribution < 1.29 is 9.90 Å². The molecule has 17 heavy (non-hydrogen) atoms. The third kappa shape index (κ3) is 3.00. The molecule has 0 spiro atoms. The Balaban J connectivity index is 2.03. The van der Waals surface area contributed by atoms with Gasteiger partial charge in [-0.1, -0.05) is 12.1 Å². The monoisotopic (exact) mass is 252 g/mol. The highest BCUT2D eigenvalue weighted by atomic mass is 32.2. The fourth-order valence-electron chi connectivity index (χ4n) is 1.88. The largest absolute Gasteiger partial charge is 0.392 e. The molecule has 3 N–H and O–H groups in total. The first kappa shape index (κ1) is 12.4. The Bertz CT molecular complexity index is 411. The van der Waals surface area contributed by atoms with Crippen molar-refractivity contribution in [1.29, 1.82) is 0 Å². The van der Waals surface area contributed by atoms with E-state index in [1.54, 1.807) is 11.8 Å². The van der Waals surface area contributed by atoms with Crippen molar-refractivity contribution in [3.8, 4) is 0 Å². The van der Waals surface area contributed by atoms with E-state index in [0.29, 0.717) is 13.0 Å². The molecule has 5 heteroatoms. The van der Waals surface area contributed by atoms with Crippen molar-refractivity contribution >= 4 is 23.4 Å². The van der Waals surface area contributed by atoms with Gasteiger partial charge in [-0.2, -0.15) is 0 Å². The van der Waals surface area contributed by atoms with Gasteiger partial charge in [-0.05, 0) is 24.8 Å². The molecule has 0 saturated carbocycles. The summed E-state index contributed by atoms with van der Waals surface area (Å²) in [6, 6.07) is 7.40. The highest BCUT2D eigenvalue weighted by molar-refractivity contribution is 7.98. The lowest BCUT2D eigenvalue weighted by molar-refractivity contribution is -0.117. The molecule has 1 aliphatic rings. The van der Waals surface area contributed by atoms with Crippen LogP contribution in [0.15, 0.2) is 29.2 Å². The first-order valence-corrected chi connectivity index (χ1v) is 6.78. The molecule has 2 rings (SSSR count). The predicted molar refractivity (Wildman–Crippen MR) is 69.3 cm³/mol. The van der Waals surface area contributed by atoms with E-state index in [-0.39, 0.29) is 11.9 Å².